The summed E-state index contributed by atoms with van der Waals surface area (Å²) in [5.74, 6) is 1.75. The van der Waals surface area contributed by atoms with Gasteiger partial charge in [0, 0.05) is 6.42 Å². The van der Waals surface area contributed by atoms with Gasteiger partial charge in [0.15, 0.2) is 0 Å². The summed E-state index contributed by atoms with van der Waals surface area (Å²) in [5.41, 5.74) is 0. The van der Waals surface area contributed by atoms with E-state index in [1.807, 2.05) is 0 Å². The molecule has 0 N–H and O–H groups in total. The minimum atomic E-state index is 0.766. The average Bonchev–Trinajstić information content (AvgIpc) is 2.17. The third-order valence-electron chi connectivity index (χ3n) is 1.74. The summed E-state index contributed by atoms with van der Waals surface area (Å²) in [6, 6.07) is 0. The molecule has 0 saturated carbocycles. The van der Waals surface area contributed by atoms with Crippen molar-refractivity contribution in [1.82, 2.24) is 0 Å². The zero-order valence-corrected chi connectivity index (χ0v) is 6.02. The summed E-state index contributed by atoms with van der Waals surface area (Å²) < 4.78 is 5.22. The maximum absolute atomic E-state index is 5.22. The molecule has 1 heteroatoms. The van der Waals surface area contributed by atoms with Crippen molar-refractivity contribution in [3.63, 3.8) is 0 Å². The van der Waals surface area contributed by atoms with Gasteiger partial charge in [-0.3, -0.25) is 0 Å². The summed E-state index contributed by atoms with van der Waals surface area (Å²) in [4.78, 5) is 0. The van der Waals surface area contributed by atoms with Crippen LogP contribution in [0.1, 0.15) is 26.2 Å². The first-order valence-electron chi connectivity index (χ1n) is 3.63. The van der Waals surface area contributed by atoms with Gasteiger partial charge in [-0.15, -0.1) is 0 Å². The molecule has 52 valence electrons. The van der Waals surface area contributed by atoms with Crippen molar-refractivity contribution >= 4 is 0 Å². The first kappa shape index (κ1) is 6.66. The highest BCUT2D eigenvalue weighted by Gasteiger charge is 2.17. The van der Waals surface area contributed by atoms with Gasteiger partial charge in [0.1, 0.15) is 0 Å². The highest BCUT2D eigenvalue weighted by Crippen LogP contribution is 2.24. The molecule has 9 heavy (non-hydrogen) atoms. The fourth-order valence-corrected chi connectivity index (χ4v) is 1.27. The Morgan fingerprint density at radius 1 is 1.78 bits per heavy atom. The van der Waals surface area contributed by atoms with Gasteiger partial charge in [0.05, 0.1) is 12.4 Å². The van der Waals surface area contributed by atoms with Crippen LogP contribution >= 0.6 is 0 Å². The van der Waals surface area contributed by atoms with Crippen LogP contribution in [0.3, 0.4) is 0 Å². The van der Waals surface area contributed by atoms with E-state index in [1.54, 1.807) is 0 Å². The number of hydrogen-bond acceptors (Lipinski definition) is 1. The summed E-state index contributed by atoms with van der Waals surface area (Å²) in [5, 5.41) is 0. The van der Waals surface area contributed by atoms with E-state index in [4.69, 9.17) is 4.74 Å². The number of hydrogen-bond donors (Lipinski definition) is 0. The minimum Gasteiger partial charge on any atom is -0.498 e. The van der Waals surface area contributed by atoms with Gasteiger partial charge < -0.3 is 4.74 Å². The maximum atomic E-state index is 5.22. The van der Waals surface area contributed by atoms with Crippen LogP contribution in [0, 0.1) is 5.92 Å². The lowest BCUT2D eigenvalue weighted by atomic mass is 10.0. The zero-order valence-electron chi connectivity index (χ0n) is 6.02. The minimum absolute atomic E-state index is 0.766. The molecule has 1 heterocycles. The second-order valence-corrected chi connectivity index (χ2v) is 2.71. The molecule has 0 spiro atoms. The summed E-state index contributed by atoms with van der Waals surface area (Å²) in [7, 11) is 0. The first-order chi connectivity index (χ1) is 4.33. The van der Waals surface area contributed by atoms with Crippen molar-refractivity contribution in [2.75, 3.05) is 6.61 Å². The molecule has 0 amide bonds. The Hall–Kier alpha value is -0.460. The van der Waals surface area contributed by atoms with E-state index >= 15 is 0 Å². The van der Waals surface area contributed by atoms with Crippen molar-refractivity contribution in [3.05, 3.63) is 12.3 Å². The Kier molecular flexibility index (Phi) is 2.15. The lowest BCUT2D eigenvalue weighted by molar-refractivity contribution is 0.238. The van der Waals surface area contributed by atoms with Crippen molar-refractivity contribution in [3.8, 4) is 0 Å². The van der Waals surface area contributed by atoms with Gasteiger partial charge in [-0.25, -0.2) is 0 Å². The lowest BCUT2D eigenvalue weighted by Crippen LogP contribution is -1.96. The van der Waals surface area contributed by atoms with Crippen LogP contribution in [0.4, 0.5) is 0 Å². The van der Waals surface area contributed by atoms with Gasteiger partial charge in [-0.1, -0.05) is 19.9 Å². The highest BCUT2D eigenvalue weighted by atomic mass is 16.5. The smallest absolute Gasteiger partial charge is 0.0909 e. The van der Waals surface area contributed by atoms with E-state index in [9.17, 15) is 0 Å². The second kappa shape index (κ2) is 2.90. The molecule has 1 unspecified atom stereocenters. The summed E-state index contributed by atoms with van der Waals surface area (Å²) in [6.07, 6.45) is 3.65. The standard InChI is InChI=1S/C8H14O/c1-3-4-8-5-7(2)9-6-8/h8H,2-6H2,1H3. The van der Waals surface area contributed by atoms with E-state index in [0.717, 1.165) is 24.7 Å². The Morgan fingerprint density at radius 2 is 2.56 bits per heavy atom. The predicted molar refractivity (Wildman–Crippen MR) is 38.1 cm³/mol. The number of ether oxygens (including phenoxy) is 1. The van der Waals surface area contributed by atoms with E-state index in [-0.39, 0.29) is 0 Å². The molecular weight excluding hydrogens is 112 g/mol. The highest BCUT2D eigenvalue weighted by molar-refractivity contribution is 4.90. The first-order valence-corrected chi connectivity index (χ1v) is 3.63. The molecule has 0 aromatic heterocycles. The maximum Gasteiger partial charge on any atom is 0.0909 e. The average molecular weight is 126 g/mol. The van der Waals surface area contributed by atoms with Crippen LogP contribution in [-0.4, -0.2) is 6.61 Å². The second-order valence-electron chi connectivity index (χ2n) is 2.71. The van der Waals surface area contributed by atoms with Crippen molar-refractivity contribution in [2.24, 2.45) is 5.92 Å². The van der Waals surface area contributed by atoms with E-state index in [2.05, 4.69) is 13.5 Å². The summed E-state index contributed by atoms with van der Waals surface area (Å²) >= 11 is 0. The molecule has 0 aliphatic carbocycles. The molecular formula is C8H14O. The number of allylic oxidation sites excluding steroid dienone is 1. The largest absolute Gasteiger partial charge is 0.498 e. The Bertz CT molecular complexity index is 107. The van der Waals surface area contributed by atoms with Crippen LogP contribution in [0.25, 0.3) is 0 Å². The van der Waals surface area contributed by atoms with Crippen molar-refractivity contribution < 1.29 is 4.74 Å². The van der Waals surface area contributed by atoms with Gasteiger partial charge in [0.25, 0.3) is 0 Å². The topological polar surface area (TPSA) is 9.23 Å². The molecule has 1 rings (SSSR count). The van der Waals surface area contributed by atoms with Crippen LogP contribution in [0.2, 0.25) is 0 Å². The van der Waals surface area contributed by atoms with Gasteiger partial charge in [0.2, 0.25) is 0 Å². The third kappa shape index (κ3) is 1.74. The van der Waals surface area contributed by atoms with Crippen molar-refractivity contribution in [2.45, 2.75) is 26.2 Å². The molecule has 0 aromatic rings. The quantitative estimate of drug-likeness (QED) is 0.551. The van der Waals surface area contributed by atoms with Crippen LogP contribution < -0.4 is 0 Å². The van der Waals surface area contributed by atoms with Gasteiger partial charge >= 0.3 is 0 Å². The summed E-state index contributed by atoms with van der Waals surface area (Å²) in [6.45, 7) is 6.88. The molecule has 0 bridgehead atoms. The molecule has 0 aromatic carbocycles. The van der Waals surface area contributed by atoms with E-state index in [0.29, 0.717) is 0 Å². The fourth-order valence-electron chi connectivity index (χ4n) is 1.27. The SMILES string of the molecule is C=C1CC(CCC)CO1. The Labute approximate surface area is 56.7 Å². The molecule has 1 fully saturated rings. The van der Waals surface area contributed by atoms with Crippen LogP contribution in [0.15, 0.2) is 12.3 Å². The molecule has 1 aliphatic heterocycles. The van der Waals surface area contributed by atoms with Gasteiger partial charge in [-0.05, 0) is 12.3 Å². The molecule has 1 aliphatic rings. The van der Waals surface area contributed by atoms with E-state index in [1.165, 1.54) is 12.8 Å². The zero-order chi connectivity index (χ0) is 6.69. The fraction of sp³-hybridized carbons (Fsp3) is 0.750. The van der Waals surface area contributed by atoms with Crippen molar-refractivity contribution in [1.29, 1.82) is 0 Å². The monoisotopic (exact) mass is 126 g/mol. The lowest BCUT2D eigenvalue weighted by Gasteiger charge is -2.00. The number of rotatable bonds is 2. The van der Waals surface area contributed by atoms with Crippen LogP contribution in [-0.2, 0) is 4.74 Å². The Balaban J connectivity index is 2.22. The normalized spacial score (nSPS) is 26.3. The van der Waals surface area contributed by atoms with Gasteiger partial charge in [-0.2, -0.15) is 0 Å². The van der Waals surface area contributed by atoms with Crippen LogP contribution in [0.5, 0.6) is 0 Å². The predicted octanol–water partition coefficient (Wildman–Crippen LogP) is 2.34. The molecule has 1 saturated heterocycles. The molecule has 1 atom stereocenters. The third-order valence-corrected chi connectivity index (χ3v) is 1.74. The van der Waals surface area contributed by atoms with E-state index < -0.39 is 0 Å². The Morgan fingerprint density at radius 3 is 3.00 bits per heavy atom. The molecule has 0 radical (unpaired) electrons. The molecule has 1 nitrogen and oxygen atoms in total.